The van der Waals surface area contributed by atoms with Crippen molar-refractivity contribution in [1.29, 1.82) is 0 Å². The zero-order valence-corrected chi connectivity index (χ0v) is 19.2. The number of carbonyl (C=O) groups is 2. The number of amides is 1. The SMILES string of the molecule is NC(CCC(=O)c1ccc(C(=O)N2C3CCC2COC3)cc1)CCC1Cc2ccccc2C1. The van der Waals surface area contributed by atoms with Gasteiger partial charge in [-0.3, -0.25) is 9.59 Å². The van der Waals surface area contributed by atoms with Gasteiger partial charge in [-0.15, -0.1) is 0 Å². The van der Waals surface area contributed by atoms with Crippen LogP contribution in [0.4, 0.5) is 0 Å². The fourth-order valence-electron chi connectivity index (χ4n) is 5.82. The topological polar surface area (TPSA) is 72.6 Å². The van der Waals surface area contributed by atoms with Crippen LogP contribution in [0, 0.1) is 5.92 Å². The molecule has 2 fully saturated rings. The zero-order chi connectivity index (χ0) is 22.8. The van der Waals surface area contributed by atoms with Gasteiger partial charge in [-0.2, -0.15) is 0 Å². The molecule has 1 aliphatic carbocycles. The minimum atomic E-state index is 0.0512. The number of morpholine rings is 1. The van der Waals surface area contributed by atoms with Gasteiger partial charge in [-0.25, -0.2) is 0 Å². The molecule has 2 aromatic rings. The van der Waals surface area contributed by atoms with Crippen molar-refractivity contribution in [1.82, 2.24) is 4.90 Å². The highest BCUT2D eigenvalue weighted by molar-refractivity contribution is 5.99. The number of rotatable bonds is 8. The number of nitrogens with two attached hydrogens (primary N) is 1. The normalized spacial score (nSPS) is 22.9. The summed E-state index contributed by atoms with van der Waals surface area (Å²) in [6, 6.07) is 16.3. The average molecular weight is 447 g/mol. The number of ether oxygens (including phenoxy) is 1. The minimum absolute atomic E-state index is 0.0512. The Labute approximate surface area is 196 Å². The van der Waals surface area contributed by atoms with Gasteiger partial charge >= 0.3 is 0 Å². The van der Waals surface area contributed by atoms with Crippen molar-refractivity contribution in [3.63, 3.8) is 0 Å². The molecular formula is C28H34N2O3. The van der Waals surface area contributed by atoms with E-state index in [1.165, 1.54) is 11.1 Å². The average Bonchev–Trinajstić information content (AvgIpc) is 3.37. The van der Waals surface area contributed by atoms with E-state index in [4.69, 9.17) is 10.5 Å². The van der Waals surface area contributed by atoms with Crippen molar-refractivity contribution in [2.24, 2.45) is 11.7 Å². The molecule has 3 atom stereocenters. The lowest BCUT2D eigenvalue weighted by Crippen LogP contribution is -2.49. The van der Waals surface area contributed by atoms with Crippen LogP contribution in [-0.4, -0.2) is 47.9 Å². The Hall–Kier alpha value is -2.50. The standard InChI is InChI=1S/C28H34N2O3/c29-24(10-5-19-15-22-3-1-2-4-23(22)16-19)11-14-27(31)20-6-8-21(9-7-20)28(32)30-25-12-13-26(30)18-33-17-25/h1-4,6-9,19,24-26H,5,10-18,29H2. The maximum atomic E-state index is 13.0. The van der Waals surface area contributed by atoms with Gasteiger partial charge in [0.25, 0.3) is 5.91 Å². The molecule has 0 spiro atoms. The van der Waals surface area contributed by atoms with Crippen LogP contribution >= 0.6 is 0 Å². The van der Waals surface area contributed by atoms with Gasteiger partial charge in [0.05, 0.1) is 25.3 Å². The molecule has 2 aliphatic heterocycles. The van der Waals surface area contributed by atoms with Gasteiger partial charge in [0, 0.05) is 23.6 Å². The van der Waals surface area contributed by atoms with Crippen molar-refractivity contribution in [3.8, 4) is 0 Å². The molecule has 0 saturated carbocycles. The second-order valence-electron chi connectivity index (χ2n) is 10.1. The molecule has 0 radical (unpaired) electrons. The first-order valence-corrected chi connectivity index (χ1v) is 12.4. The van der Waals surface area contributed by atoms with E-state index in [-0.39, 0.29) is 29.8 Å². The molecule has 2 heterocycles. The summed E-state index contributed by atoms with van der Waals surface area (Å²) in [7, 11) is 0. The molecule has 3 aliphatic rings. The van der Waals surface area contributed by atoms with Crippen molar-refractivity contribution in [2.75, 3.05) is 13.2 Å². The quantitative estimate of drug-likeness (QED) is 0.618. The van der Waals surface area contributed by atoms with Crippen LogP contribution in [0.2, 0.25) is 0 Å². The highest BCUT2D eigenvalue weighted by Gasteiger charge is 2.40. The number of benzene rings is 2. The Balaban J connectivity index is 1.08. The van der Waals surface area contributed by atoms with Crippen molar-refractivity contribution < 1.29 is 14.3 Å². The third-order valence-electron chi connectivity index (χ3n) is 7.75. The van der Waals surface area contributed by atoms with Crippen LogP contribution in [0.25, 0.3) is 0 Å². The molecule has 2 saturated heterocycles. The van der Waals surface area contributed by atoms with Crippen molar-refractivity contribution in [3.05, 3.63) is 70.8 Å². The smallest absolute Gasteiger partial charge is 0.254 e. The van der Waals surface area contributed by atoms with E-state index in [0.29, 0.717) is 43.1 Å². The van der Waals surface area contributed by atoms with E-state index in [1.54, 1.807) is 24.3 Å². The molecule has 2 bridgehead atoms. The Morgan fingerprint density at radius 1 is 0.909 bits per heavy atom. The van der Waals surface area contributed by atoms with Gasteiger partial charge in [0.1, 0.15) is 0 Å². The molecule has 0 aromatic heterocycles. The molecule has 5 nitrogen and oxygen atoms in total. The third-order valence-corrected chi connectivity index (χ3v) is 7.75. The summed E-state index contributed by atoms with van der Waals surface area (Å²) >= 11 is 0. The van der Waals surface area contributed by atoms with Crippen molar-refractivity contribution in [2.45, 2.75) is 69.5 Å². The lowest BCUT2D eigenvalue weighted by Gasteiger charge is -2.34. The number of ketones is 1. The summed E-state index contributed by atoms with van der Waals surface area (Å²) in [5, 5.41) is 0. The molecule has 2 N–H and O–H groups in total. The van der Waals surface area contributed by atoms with Gasteiger partial charge < -0.3 is 15.4 Å². The van der Waals surface area contributed by atoms with E-state index in [2.05, 4.69) is 24.3 Å². The lowest BCUT2D eigenvalue weighted by atomic mass is 9.94. The highest BCUT2D eigenvalue weighted by atomic mass is 16.5. The Morgan fingerprint density at radius 3 is 2.15 bits per heavy atom. The Morgan fingerprint density at radius 2 is 1.52 bits per heavy atom. The van der Waals surface area contributed by atoms with Crippen molar-refractivity contribution >= 4 is 11.7 Å². The molecule has 1 amide bonds. The maximum absolute atomic E-state index is 13.0. The summed E-state index contributed by atoms with van der Waals surface area (Å²) in [6.45, 7) is 1.26. The Bertz CT molecular complexity index is 961. The third kappa shape index (κ3) is 4.90. The molecule has 2 aromatic carbocycles. The zero-order valence-electron chi connectivity index (χ0n) is 19.2. The summed E-state index contributed by atoms with van der Waals surface area (Å²) in [5.74, 6) is 0.834. The van der Waals surface area contributed by atoms with Crippen LogP contribution in [0.15, 0.2) is 48.5 Å². The number of Topliss-reactive ketones (excluding diaryl/α,β-unsaturated/α-hetero) is 1. The van der Waals surface area contributed by atoms with E-state index in [0.717, 1.165) is 38.5 Å². The fourth-order valence-corrected chi connectivity index (χ4v) is 5.82. The second kappa shape index (κ2) is 9.78. The van der Waals surface area contributed by atoms with Crippen LogP contribution < -0.4 is 5.73 Å². The maximum Gasteiger partial charge on any atom is 0.254 e. The van der Waals surface area contributed by atoms with Crippen LogP contribution in [0.1, 0.15) is 70.4 Å². The highest BCUT2D eigenvalue weighted by Crippen LogP contribution is 2.31. The molecule has 5 rings (SSSR count). The molecule has 3 unspecified atom stereocenters. The summed E-state index contributed by atoms with van der Waals surface area (Å²) < 4.78 is 5.58. The molecule has 33 heavy (non-hydrogen) atoms. The number of nitrogens with zero attached hydrogens (tertiary/aromatic N) is 1. The van der Waals surface area contributed by atoms with Gasteiger partial charge in [0.2, 0.25) is 0 Å². The molecular weight excluding hydrogens is 412 g/mol. The summed E-state index contributed by atoms with van der Waals surface area (Å²) in [5.41, 5.74) is 10.6. The predicted octanol–water partition coefficient (Wildman–Crippen LogP) is 4.18. The number of fused-ring (bicyclic) bond motifs is 3. The Kier molecular flexibility index (Phi) is 6.61. The predicted molar refractivity (Wildman–Crippen MR) is 128 cm³/mol. The minimum Gasteiger partial charge on any atom is -0.377 e. The van der Waals surface area contributed by atoms with Crippen LogP contribution in [0.5, 0.6) is 0 Å². The van der Waals surface area contributed by atoms with Gasteiger partial charge in [0.15, 0.2) is 5.78 Å². The fraction of sp³-hybridized carbons (Fsp3) is 0.500. The lowest BCUT2D eigenvalue weighted by molar-refractivity contribution is -0.00716. The van der Waals surface area contributed by atoms with Crippen LogP contribution in [-0.2, 0) is 17.6 Å². The van der Waals surface area contributed by atoms with E-state index < -0.39 is 0 Å². The molecule has 5 heteroatoms. The first kappa shape index (κ1) is 22.3. The van der Waals surface area contributed by atoms with Gasteiger partial charge in [-0.1, -0.05) is 36.4 Å². The number of hydrogen-bond acceptors (Lipinski definition) is 4. The first-order valence-electron chi connectivity index (χ1n) is 12.4. The second-order valence-corrected chi connectivity index (χ2v) is 10.1. The monoisotopic (exact) mass is 446 g/mol. The number of carbonyl (C=O) groups excluding carboxylic acids is 2. The van der Waals surface area contributed by atoms with E-state index in [9.17, 15) is 9.59 Å². The number of hydrogen-bond donors (Lipinski definition) is 1. The van der Waals surface area contributed by atoms with E-state index in [1.807, 2.05) is 4.90 Å². The van der Waals surface area contributed by atoms with Crippen LogP contribution in [0.3, 0.4) is 0 Å². The summed E-state index contributed by atoms with van der Waals surface area (Å²) in [4.78, 5) is 27.7. The summed E-state index contributed by atoms with van der Waals surface area (Å²) in [6.07, 6.45) is 7.56. The first-order chi connectivity index (χ1) is 16.1. The van der Waals surface area contributed by atoms with Gasteiger partial charge in [-0.05, 0) is 74.1 Å². The van der Waals surface area contributed by atoms with E-state index >= 15 is 0 Å². The molecule has 174 valence electrons. The largest absolute Gasteiger partial charge is 0.377 e.